The number of benzene rings is 2. The monoisotopic (exact) mass is 570 g/mol. The Labute approximate surface area is 231 Å². The van der Waals surface area contributed by atoms with Gasteiger partial charge in [0.25, 0.3) is 0 Å². The largest absolute Gasteiger partial charge is 0.432 e. The summed E-state index contributed by atoms with van der Waals surface area (Å²) < 4.78 is 99.7. The lowest BCUT2D eigenvalue weighted by atomic mass is 9.76. The molecule has 3 nitrogen and oxygen atoms in total. The van der Waals surface area contributed by atoms with Crippen molar-refractivity contribution in [2.45, 2.75) is 76.9 Å². The molecule has 220 valence electrons. The number of halogens is 6. The second-order valence-electron chi connectivity index (χ2n) is 11.8. The molecule has 9 heteroatoms. The highest BCUT2D eigenvalue weighted by Gasteiger charge is 2.46. The number of alkyl halides is 5. The molecule has 1 heterocycles. The van der Waals surface area contributed by atoms with Crippen LogP contribution in [0.3, 0.4) is 0 Å². The Bertz CT molecular complexity index is 1110. The summed E-state index contributed by atoms with van der Waals surface area (Å²) in [5, 5.41) is 0. The highest BCUT2D eigenvalue weighted by Crippen LogP contribution is 2.43. The van der Waals surface area contributed by atoms with Crippen LogP contribution in [-0.4, -0.2) is 25.6 Å². The first-order valence-corrected chi connectivity index (χ1v) is 14.3. The maximum absolute atomic E-state index is 15.0. The lowest BCUT2D eigenvalue weighted by Gasteiger charge is -2.41. The average molecular weight is 571 g/mol. The van der Waals surface area contributed by atoms with E-state index in [9.17, 15) is 17.6 Å². The van der Waals surface area contributed by atoms with Crippen LogP contribution >= 0.6 is 0 Å². The molecule has 0 bridgehead atoms. The summed E-state index contributed by atoms with van der Waals surface area (Å²) in [7, 11) is 0. The molecule has 5 rings (SSSR count). The molecule has 0 unspecified atom stereocenters. The second kappa shape index (κ2) is 11.9. The second-order valence-corrected chi connectivity index (χ2v) is 11.8. The zero-order valence-electron chi connectivity index (χ0n) is 22.6. The molecule has 0 atom stereocenters. The maximum atomic E-state index is 15.0. The van der Waals surface area contributed by atoms with E-state index < -0.39 is 29.6 Å². The lowest BCUT2D eigenvalue weighted by Crippen LogP contribution is -2.43. The third kappa shape index (κ3) is 6.78. The Morgan fingerprint density at radius 1 is 0.700 bits per heavy atom. The van der Waals surface area contributed by atoms with Gasteiger partial charge in [-0.2, -0.15) is 22.0 Å². The number of rotatable bonds is 6. The van der Waals surface area contributed by atoms with Gasteiger partial charge < -0.3 is 14.2 Å². The standard InChI is InChI=1S/C31H36F6O3/c1-19-2-4-21(5-3-19)24-17-38-29(39-18-24)22-6-11-25(12-7-22)31(36,37)40-26-13-8-20(9-14-26)23-10-15-27(28(32)16-23)30(33,34)35/h8-10,13-16,19,21-22,24-25,29H,2-7,11-12,17-18H2,1H3. The summed E-state index contributed by atoms with van der Waals surface area (Å²) in [4.78, 5) is 0. The molecule has 0 aromatic heterocycles. The average Bonchev–Trinajstić information content (AvgIpc) is 2.93. The van der Waals surface area contributed by atoms with Gasteiger partial charge in [-0.25, -0.2) is 4.39 Å². The molecule has 2 saturated carbocycles. The van der Waals surface area contributed by atoms with Crippen LogP contribution < -0.4 is 4.74 Å². The molecular weight excluding hydrogens is 534 g/mol. The van der Waals surface area contributed by atoms with Crippen molar-refractivity contribution >= 4 is 0 Å². The normalized spacial score (nSPS) is 30.2. The van der Waals surface area contributed by atoms with Crippen molar-refractivity contribution in [3.63, 3.8) is 0 Å². The van der Waals surface area contributed by atoms with E-state index in [1.54, 1.807) is 0 Å². The lowest BCUT2D eigenvalue weighted by molar-refractivity contribution is -0.251. The van der Waals surface area contributed by atoms with Crippen molar-refractivity contribution in [1.82, 2.24) is 0 Å². The molecule has 3 fully saturated rings. The number of ether oxygens (including phenoxy) is 3. The van der Waals surface area contributed by atoms with Crippen molar-refractivity contribution in [2.24, 2.45) is 29.6 Å². The van der Waals surface area contributed by atoms with Crippen LogP contribution in [-0.2, 0) is 15.7 Å². The molecule has 1 saturated heterocycles. The van der Waals surface area contributed by atoms with Crippen molar-refractivity contribution < 1.29 is 40.6 Å². The molecule has 0 spiro atoms. The summed E-state index contributed by atoms with van der Waals surface area (Å²) in [5.41, 5.74) is -0.768. The van der Waals surface area contributed by atoms with Crippen LogP contribution in [0.5, 0.6) is 5.75 Å². The van der Waals surface area contributed by atoms with Gasteiger partial charge in [0, 0.05) is 11.8 Å². The van der Waals surface area contributed by atoms with E-state index in [4.69, 9.17) is 14.2 Å². The fourth-order valence-electron chi connectivity index (χ4n) is 6.44. The summed E-state index contributed by atoms with van der Waals surface area (Å²) in [6.45, 7) is 3.66. The smallest absolute Gasteiger partial charge is 0.419 e. The van der Waals surface area contributed by atoms with Crippen LogP contribution in [0.2, 0.25) is 0 Å². The van der Waals surface area contributed by atoms with E-state index in [0.29, 0.717) is 49.5 Å². The maximum Gasteiger partial charge on any atom is 0.419 e. The molecule has 0 radical (unpaired) electrons. The fourth-order valence-corrected chi connectivity index (χ4v) is 6.44. The van der Waals surface area contributed by atoms with Gasteiger partial charge in [-0.15, -0.1) is 0 Å². The molecule has 1 aliphatic heterocycles. The van der Waals surface area contributed by atoms with Crippen LogP contribution in [0.4, 0.5) is 26.3 Å². The summed E-state index contributed by atoms with van der Waals surface area (Å²) in [6, 6.07) is 8.06. The Morgan fingerprint density at radius 3 is 1.85 bits per heavy atom. The number of hydrogen-bond acceptors (Lipinski definition) is 3. The zero-order chi connectivity index (χ0) is 28.5. The van der Waals surface area contributed by atoms with Gasteiger partial charge in [0.05, 0.1) is 24.7 Å². The van der Waals surface area contributed by atoms with Crippen LogP contribution in [0.25, 0.3) is 11.1 Å². The quantitative estimate of drug-likeness (QED) is 0.324. The van der Waals surface area contributed by atoms with Gasteiger partial charge in [0.1, 0.15) is 11.6 Å². The third-order valence-electron chi connectivity index (χ3n) is 9.02. The van der Waals surface area contributed by atoms with Crippen LogP contribution in [0, 0.1) is 35.4 Å². The predicted molar refractivity (Wildman–Crippen MR) is 138 cm³/mol. The summed E-state index contributed by atoms with van der Waals surface area (Å²) in [5.74, 6) is -0.461. The molecule has 2 aromatic carbocycles. The minimum Gasteiger partial charge on any atom is -0.432 e. The zero-order valence-corrected chi connectivity index (χ0v) is 22.6. The van der Waals surface area contributed by atoms with Crippen molar-refractivity contribution in [3.05, 3.63) is 53.8 Å². The molecule has 0 N–H and O–H groups in total. The van der Waals surface area contributed by atoms with Gasteiger partial charge in [-0.05, 0) is 85.8 Å². The highest BCUT2D eigenvalue weighted by molar-refractivity contribution is 5.64. The van der Waals surface area contributed by atoms with Gasteiger partial charge in [0.15, 0.2) is 6.29 Å². The topological polar surface area (TPSA) is 27.7 Å². The molecule has 40 heavy (non-hydrogen) atoms. The summed E-state index contributed by atoms with van der Waals surface area (Å²) >= 11 is 0. The molecule has 2 aromatic rings. The Balaban J connectivity index is 1.10. The third-order valence-corrected chi connectivity index (χ3v) is 9.02. The first-order valence-electron chi connectivity index (χ1n) is 14.3. The predicted octanol–water partition coefficient (Wildman–Crippen LogP) is 9.10. The van der Waals surface area contributed by atoms with E-state index in [1.807, 2.05) is 0 Å². The minimum atomic E-state index is -4.79. The summed E-state index contributed by atoms with van der Waals surface area (Å²) in [6.07, 6.45) is -1.85. The van der Waals surface area contributed by atoms with Gasteiger partial charge in [-0.1, -0.05) is 38.0 Å². The first-order chi connectivity index (χ1) is 19.0. The number of hydrogen-bond donors (Lipinski definition) is 0. The molecular formula is C31H36F6O3. The first kappa shape index (κ1) is 29.2. The Hall–Kier alpha value is -2.26. The molecule has 0 amide bonds. The van der Waals surface area contributed by atoms with Crippen molar-refractivity contribution in [1.29, 1.82) is 0 Å². The van der Waals surface area contributed by atoms with E-state index in [0.717, 1.165) is 18.1 Å². The van der Waals surface area contributed by atoms with Crippen LogP contribution in [0.1, 0.15) is 63.9 Å². The van der Waals surface area contributed by atoms with Crippen molar-refractivity contribution in [3.8, 4) is 16.9 Å². The Kier molecular flexibility index (Phi) is 8.72. The van der Waals surface area contributed by atoms with Crippen LogP contribution in [0.15, 0.2) is 42.5 Å². The fraction of sp³-hybridized carbons (Fsp3) is 0.613. The molecule has 3 aliphatic rings. The van der Waals surface area contributed by atoms with Gasteiger partial charge >= 0.3 is 12.3 Å². The SMILES string of the molecule is CC1CCC(C2COC(C3CCC(C(F)(F)Oc4ccc(-c5ccc(C(F)(F)F)c(F)c5)cc4)CC3)OC2)CC1. The highest BCUT2D eigenvalue weighted by atomic mass is 19.4. The Morgan fingerprint density at radius 2 is 1.27 bits per heavy atom. The van der Waals surface area contributed by atoms with Crippen molar-refractivity contribution in [2.75, 3.05) is 13.2 Å². The van der Waals surface area contributed by atoms with E-state index in [1.165, 1.54) is 49.9 Å². The minimum absolute atomic E-state index is 0.0645. The molecule has 2 aliphatic carbocycles. The van der Waals surface area contributed by atoms with E-state index in [-0.39, 0.29) is 36.4 Å². The van der Waals surface area contributed by atoms with Gasteiger partial charge in [0.2, 0.25) is 0 Å². The van der Waals surface area contributed by atoms with E-state index in [2.05, 4.69) is 6.92 Å². The van der Waals surface area contributed by atoms with Gasteiger partial charge in [-0.3, -0.25) is 0 Å². The van der Waals surface area contributed by atoms with E-state index >= 15 is 8.78 Å².